The number of piperidine rings is 1. The maximum absolute atomic E-state index is 5.45. The number of rotatable bonds is 6. The maximum Gasteiger partial charge on any atom is 0.240 e. The summed E-state index contributed by atoms with van der Waals surface area (Å²) in [6.45, 7) is 4.38. The first-order valence-corrected chi connectivity index (χ1v) is 8.16. The first kappa shape index (κ1) is 12.8. The molecule has 1 unspecified atom stereocenters. The molecule has 1 aliphatic heterocycles. The summed E-state index contributed by atoms with van der Waals surface area (Å²) in [5.41, 5.74) is 0. The second-order valence-electron chi connectivity index (χ2n) is 6.69. The van der Waals surface area contributed by atoms with Gasteiger partial charge in [0.15, 0.2) is 5.82 Å². The lowest BCUT2D eigenvalue weighted by Gasteiger charge is -2.29. The van der Waals surface area contributed by atoms with Gasteiger partial charge in [-0.1, -0.05) is 5.16 Å². The van der Waals surface area contributed by atoms with Crippen LogP contribution in [0.5, 0.6) is 0 Å². The molecule has 0 spiro atoms. The van der Waals surface area contributed by atoms with Crippen LogP contribution in [0.4, 0.5) is 0 Å². The van der Waals surface area contributed by atoms with E-state index in [2.05, 4.69) is 20.4 Å². The zero-order chi connectivity index (χ0) is 13.4. The van der Waals surface area contributed by atoms with Crippen LogP contribution in [0.1, 0.15) is 56.2 Å². The molecule has 1 aromatic rings. The Labute approximate surface area is 120 Å². The molecule has 0 radical (unpaired) electrons. The Balaban J connectivity index is 1.37. The molecule has 5 nitrogen and oxygen atoms in total. The zero-order valence-corrected chi connectivity index (χ0v) is 12.1. The second-order valence-corrected chi connectivity index (χ2v) is 6.69. The summed E-state index contributed by atoms with van der Waals surface area (Å²) in [6.07, 6.45) is 7.81. The molecule has 1 atom stereocenters. The molecule has 20 heavy (non-hydrogen) atoms. The molecule has 0 amide bonds. The number of hydrogen-bond acceptors (Lipinski definition) is 5. The van der Waals surface area contributed by atoms with E-state index in [1.54, 1.807) is 0 Å². The van der Waals surface area contributed by atoms with Crippen molar-refractivity contribution < 1.29 is 4.52 Å². The standard InChI is InChI=1S/C15H24N4O/c1-2-11(8-16-7-1)9-19(13-5-6-13)10-14-17-15(18-20-14)12-3-4-12/h11-13,16H,1-10H2. The van der Waals surface area contributed by atoms with E-state index in [1.165, 1.54) is 58.2 Å². The summed E-state index contributed by atoms with van der Waals surface area (Å²) in [5, 5.41) is 7.65. The van der Waals surface area contributed by atoms with Crippen LogP contribution < -0.4 is 5.32 Å². The highest BCUT2D eigenvalue weighted by atomic mass is 16.5. The molecule has 5 heteroatoms. The fourth-order valence-electron chi connectivity index (χ4n) is 3.21. The number of nitrogens with zero attached hydrogens (tertiary/aromatic N) is 3. The van der Waals surface area contributed by atoms with Gasteiger partial charge in [-0.05, 0) is 57.5 Å². The minimum absolute atomic E-state index is 0.587. The molecule has 0 aromatic carbocycles. The van der Waals surface area contributed by atoms with E-state index < -0.39 is 0 Å². The summed E-state index contributed by atoms with van der Waals surface area (Å²) < 4.78 is 5.45. The van der Waals surface area contributed by atoms with Crippen molar-refractivity contribution in [1.82, 2.24) is 20.4 Å². The van der Waals surface area contributed by atoms with Gasteiger partial charge in [0.2, 0.25) is 5.89 Å². The van der Waals surface area contributed by atoms with Crippen LogP contribution in [0.15, 0.2) is 4.52 Å². The van der Waals surface area contributed by atoms with Gasteiger partial charge in [0.1, 0.15) is 0 Å². The first-order chi connectivity index (χ1) is 9.88. The summed E-state index contributed by atoms with van der Waals surface area (Å²) in [5.74, 6) is 3.14. The third kappa shape index (κ3) is 3.04. The lowest BCUT2D eigenvalue weighted by atomic mass is 9.99. The van der Waals surface area contributed by atoms with Gasteiger partial charge in [0.05, 0.1) is 6.54 Å². The van der Waals surface area contributed by atoms with Crippen LogP contribution in [0.3, 0.4) is 0 Å². The third-order valence-corrected chi connectivity index (χ3v) is 4.72. The van der Waals surface area contributed by atoms with Crippen molar-refractivity contribution in [3.8, 4) is 0 Å². The zero-order valence-electron chi connectivity index (χ0n) is 12.1. The Bertz CT molecular complexity index is 446. The average Bonchev–Trinajstić information content (AvgIpc) is 3.39. The van der Waals surface area contributed by atoms with Crippen molar-refractivity contribution in [3.63, 3.8) is 0 Å². The van der Waals surface area contributed by atoms with Crippen LogP contribution in [0.25, 0.3) is 0 Å². The highest BCUT2D eigenvalue weighted by Crippen LogP contribution is 2.38. The normalized spacial score (nSPS) is 27.1. The molecule has 2 aliphatic carbocycles. The van der Waals surface area contributed by atoms with Crippen LogP contribution >= 0.6 is 0 Å². The fourth-order valence-corrected chi connectivity index (χ4v) is 3.21. The van der Waals surface area contributed by atoms with Crippen LogP contribution in [0, 0.1) is 5.92 Å². The van der Waals surface area contributed by atoms with Crippen molar-refractivity contribution in [1.29, 1.82) is 0 Å². The Hall–Kier alpha value is -0.940. The topological polar surface area (TPSA) is 54.2 Å². The van der Waals surface area contributed by atoms with Gasteiger partial charge >= 0.3 is 0 Å². The van der Waals surface area contributed by atoms with E-state index >= 15 is 0 Å². The predicted octanol–water partition coefficient (Wildman–Crippen LogP) is 1.91. The van der Waals surface area contributed by atoms with E-state index in [-0.39, 0.29) is 0 Å². The SMILES string of the molecule is C1CNCC(CN(Cc2nc(C3CC3)no2)C2CC2)C1. The van der Waals surface area contributed by atoms with Crippen LogP contribution in [-0.2, 0) is 6.54 Å². The van der Waals surface area contributed by atoms with Crippen LogP contribution in [-0.4, -0.2) is 40.7 Å². The Morgan fingerprint density at radius 3 is 2.80 bits per heavy atom. The van der Waals surface area contributed by atoms with Gasteiger partial charge in [-0.3, -0.25) is 4.90 Å². The lowest BCUT2D eigenvalue weighted by molar-refractivity contribution is 0.172. The number of aromatic nitrogens is 2. The molecule has 1 N–H and O–H groups in total. The number of nitrogens with one attached hydrogen (secondary N) is 1. The molecule has 4 rings (SSSR count). The predicted molar refractivity (Wildman–Crippen MR) is 75.3 cm³/mol. The minimum Gasteiger partial charge on any atom is -0.338 e. The van der Waals surface area contributed by atoms with Crippen molar-refractivity contribution in [2.24, 2.45) is 5.92 Å². The second kappa shape index (κ2) is 5.45. The van der Waals surface area contributed by atoms with E-state index in [9.17, 15) is 0 Å². The summed E-state index contributed by atoms with van der Waals surface area (Å²) in [7, 11) is 0. The largest absolute Gasteiger partial charge is 0.338 e. The van der Waals surface area contributed by atoms with Gasteiger partial charge in [-0.2, -0.15) is 4.98 Å². The van der Waals surface area contributed by atoms with Gasteiger partial charge in [-0.25, -0.2) is 0 Å². The third-order valence-electron chi connectivity index (χ3n) is 4.72. The molecule has 2 heterocycles. The smallest absolute Gasteiger partial charge is 0.240 e. The monoisotopic (exact) mass is 276 g/mol. The van der Waals surface area contributed by atoms with Crippen molar-refractivity contribution >= 4 is 0 Å². The van der Waals surface area contributed by atoms with Gasteiger partial charge in [-0.15, -0.1) is 0 Å². The van der Waals surface area contributed by atoms with Crippen molar-refractivity contribution in [2.75, 3.05) is 19.6 Å². The molecular weight excluding hydrogens is 252 g/mol. The minimum atomic E-state index is 0.587. The summed E-state index contributed by atoms with van der Waals surface area (Å²) >= 11 is 0. The lowest BCUT2D eigenvalue weighted by Crippen LogP contribution is -2.39. The van der Waals surface area contributed by atoms with E-state index in [1.807, 2.05) is 0 Å². The van der Waals surface area contributed by atoms with Crippen molar-refractivity contribution in [3.05, 3.63) is 11.7 Å². The fraction of sp³-hybridized carbons (Fsp3) is 0.867. The summed E-state index contributed by atoms with van der Waals surface area (Å²) in [6, 6.07) is 0.758. The molecule has 3 aliphatic rings. The first-order valence-electron chi connectivity index (χ1n) is 8.16. The molecule has 110 valence electrons. The quantitative estimate of drug-likeness (QED) is 0.860. The molecular formula is C15H24N4O. The van der Waals surface area contributed by atoms with Gasteiger partial charge < -0.3 is 9.84 Å². The molecule has 0 bridgehead atoms. The highest BCUT2D eigenvalue weighted by Gasteiger charge is 2.33. The maximum atomic E-state index is 5.45. The van der Waals surface area contributed by atoms with Crippen molar-refractivity contribution in [2.45, 2.75) is 57.0 Å². The van der Waals surface area contributed by atoms with Gasteiger partial charge in [0, 0.05) is 18.5 Å². The molecule has 1 aromatic heterocycles. The van der Waals surface area contributed by atoms with E-state index in [0.717, 1.165) is 30.2 Å². The summed E-state index contributed by atoms with van der Waals surface area (Å²) in [4.78, 5) is 7.15. The Kier molecular flexibility index (Phi) is 3.48. The molecule has 2 saturated carbocycles. The van der Waals surface area contributed by atoms with E-state index in [0.29, 0.717) is 5.92 Å². The van der Waals surface area contributed by atoms with Gasteiger partial charge in [0.25, 0.3) is 0 Å². The van der Waals surface area contributed by atoms with E-state index in [4.69, 9.17) is 4.52 Å². The van der Waals surface area contributed by atoms with Crippen LogP contribution in [0.2, 0.25) is 0 Å². The Morgan fingerprint density at radius 1 is 1.20 bits per heavy atom. The number of hydrogen-bond donors (Lipinski definition) is 1. The molecule has 3 fully saturated rings. The Morgan fingerprint density at radius 2 is 2.10 bits per heavy atom. The molecule has 1 saturated heterocycles. The highest BCUT2D eigenvalue weighted by molar-refractivity contribution is 5.03. The average molecular weight is 276 g/mol.